The van der Waals surface area contributed by atoms with Gasteiger partial charge in [-0.15, -0.1) is 0 Å². The smallest absolute Gasteiger partial charge is 0.308 e. The molecule has 0 aromatic carbocycles. The summed E-state index contributed by atoms with van der Waals surface area (Å²) in [6.07, 6.45) is 2.88. The van der Waals surface area contributed by atoms with E-state index in [1.54, 1.807) is 0 Å². The van der Waals surface area contributed by atoms with E-state index in [0.717, 1.165) is 12.0 Å². The van der Waals surface area contributed by atoms with E-state index in [2.05, 4.69) is 40.3 Å². The third kappa shape index (κ3) is 2.62. The number of rotatable bonds is 1. The molecule has 1 atom stereocenters. The lowest BCUT2D eigenvalue weighted by atomic mass is 9.95. The van der Waals surface area contributed by atoms with E-state index in [0.29, 0.717) is 13.2 Å². The Morgan fingerprint density at radius 2 is 1.88 bits per heavy atom. The molecule has 17 heavy (non-hydrogen) atoms. The predicted octanol–water partition coefficient (Wildman–Crippen LogP) is 3.02. The van der Waals surface area contributed by atoms with Crippen molar-refractivity contribution in [2.75, 3.05) is 13.2 Å². The summed E-state index contributed by atoms with van der Waals surface area (Å²) in [6.45, 7) is 13.6. The maximum Gasteiger partial charge on any atom is 0.308 e. The Morgan fingerprint density at radius 1 is 1.29 bits per heavy atom. The second-order valence-electron chi connectivity index (χ2n) is 6.01. The molecule has 2 aliphatic rings. The van der Waals surface area contributed by atoms with Crippen molar-refractivity contribution in [2.45, 2.75) is 46.2 Å². The van der Waals surface area contributed by atoms with Crippen molar-refractivity contribution in [1.29, 1.82) is 0 Å². The van der Waals surface area contributed by atoms with Crippen LogP contribution in [-0.2, 0) is 14.2 Å². The van der Waals surface area contributed by atoms with Crippen LogP contribution in [0.4, 0.5) is 0 Å². The fraction of sp³-hybridized carbons (Fsp3) is 0.714. The molecular weight excluding hydrogens is 216 g/mol. The van der Waals surface area contributed by atoms with Crippen molar-refractivity contribution in [3.8, 4) is 0 Å². The number of hydrogen-bond donors (Lipinski definition) is 0. The van der Waals surface area contributed by atoms with Crippen molar-refractivity contribution in [3.05, 3.63) is 23.8 Å². The van der Waals surface area contributed by atoms with Gasteiger partial charge in [0.2, 0.25) is 0 Å². The summed E-state index contributed by atoms with van der Waals surface area (Å²) in [6, 6.07) is 0. The maximum absolute atomic E-state index is 5.89. The molecule has 0 aromatic rings. The van der Waals surface area contributed by atoms with E-state index in [1.165, 1.54) is 5.57 Å². The van der Waals surface area contributed by atoms with Gasteiger partial charge < -0.3 is 14.2 Å². The van der Waals surface area contributed by atoms with E-state index in [9.17, 15) is 0 Å². The standard InChI is InChI=1S/C14H22O3/c1-10(2)6-12-7-11(3)14(17-12)15-8-13(4,5)9-16-14/h6,12H,3,7-9H2,1-2,4-5H3. The van der Waals surface area contributed by atoms with Crippen LogP contribution in [0.15, 0.2) is 23.8 Å². The zero-order chi connectivity index (χ0) is 12.7. The SMILES string of the molecule is C=C1CC(C=C(C)C)OC12OCC(C)(C)CO2. The highest BCUT2D eigenvalue weighted by atomic mass is 16.9. The van der Waals surface area contributed by atoms with Crippen LogP contribution in [0, 0.1) is 5.41 Å². The minimum absolute atomic E-state index is 0.0220. The minimum atomic E-state index is -0.994. The van der Waals surface area contributed by atoms with Crippen molar-refractivity contribution >= 4 is 0 Å². The summed E-state index contributed by atoms with van der Waals surface area (Å²) in [4.78, 5) is 0. The topological polar surface area (TPSA) is 27.7 Å². The van der Waals surface area contributed by atoms with Crippen molar-refractivity contribution in [1.82, 2.24) is 0 Å². The lowest BCUT2D eigenvalue weighted by Gasteiger charge is -2.40. The Balaban J connectivity index is 2.08. The zero-order valence-corrected chi connectivity index (χ0v) is 11.2. The molecule has 0 radical (unpaired) electrons. The largest absolute Gasteiger partial charge is 0.323 e. The summed E-state index contributed by atoms with van der Waals surface area (Å²) < 4.78 is 17.5. The fourth-order valence-electron chi connectivity index (χ4n) is 2.09. The Hall–Kier alpha value is -0.640. The van der Waals surface area contributed by atoms with Crippen molar-refractivity contribution < 1.29 is 14.2 Å². The molecule has 0 bridgehead atoms. The Bertz CT molecular complexity index is 340. The van der Waals surface area contributed by atoms with Gasteiger partial charge in [0.05, 0.1) is 19.3 Å². The van der Waals surface area contributed by atoms with Gasteiger partial charge in [-0.3, -0.25) is 0 Å². The molecule has 2 saturated heterocycles. The van der Waals surface area contributed by atoms with Crippen molar-refractivity contribution in [3.63, 3.8) is 0 Å². The van der Waals surface area contributed by atoms with E-state index < -0.39 is 5.97 Å². The number of ether oxygens (including phenoxy) is 3. The van der Waals surface area contributed by atoms with E-state index in [1.807, 2.05) is 0 Å². The quantitative estimate of drug-likeness (QED) is 0.657. The highest BCUT2D eigenvalue weighted by Gasteiger charge is 2.50. The van der Waals surface area contributed by atoms with Crippen LogP contribution in [0.3, 0.4) is 0 Å². The number of hydrogen-bond acceptors (Lipinski definition) is 3. The molecule has 2 rings (SSSR count). The van der Waals surface area contributed by atoms with Gasteiger partial charge in [-0.05, 0) is 13.8 Å². The molecule has 96 valence electrons. The van der Waals surface area contributed by atoms with E-state index in [-0.39, 0.29) is 11.5 Å². The van der Waals surface area contributed by atoms with E-state index in [4.69, 9.17) is 14.2 Å². The van der Waals surface area contributed by atoms with Crippen LogP contribution in [0.1, 0.15) is 34.1 Å². The molecule has 0 amide bonds. The second kappa shape index (κ2) is 4.23. The van der Waals surface area contributed by atoms with Crippen LogP contribution >= 0.6 is 0 Å². The molecule has 0 saturated carbocycles. The van der Waals surface area contributed by atoms with Crippen LogP contribution < -0.4 is 0 Å². The predicted molar refractivity (Wildman–Crippen MR) is 66.5 cm³/mol. The van der Waals surface area contributed by atoms with Gasteiger partial charge >= 0.3 is 5.97 Å². The highest BCUT2D eigenvalue weighted by Crippen LogP contribution is 2.42. The van der Waals surface area contributed by atoms with Gasteiger partial charge in [0.1, 0.15) is 0 Å². The molecule has 3 nitrogen and oxygen atoms in total. The van der Waals surface area contributed by atoms with Crippen LogP contribution in [0.25, 0.3) is 0 Å². The van der Waals surface area contributed by atoms with Crippen molar-refractivity contribution in [2.24, 2.45) is 5.41 Å². The monoisotopic (exact) mass is 238 g/mol. The molecule has 1 unspecified atom stereocenters. The zero-order valence-electron chi connectivity index (χ0n) is 11.2. The first-order chi connectivity index (χ1) is 7.83. The molecule has 2 heterocycles. The molecule has 2 aliphatic heterocycles. The Kier molecular flexibility index (Phi) is 3.19. The van der Waals surface area contributed by atoms with Crippen LogP contribution in [-0.4, -0.2) is 25.3 Å². The average Bonchev–Trinajstić information content (AvgIpc) is 2.48. The molecule has 1 spiro atoms. The van der Waals surface area contributed by atoms with Gasteiger partial charge in [-0.1, -0.05) is 32.1 Å². The first-order valence-electron chi connectivity index (χ1n) is 6.12. The first-order valence-corrected chi connectivity index (χ1v) is 6.12. The van der Waals surface area contributed by atoms with Gasteiger partial charge in [-0.2, -0.15) is 0 Å². The highest BCUT2D eigenvalue weighted by molar-refractivity contribution is 5.17. The molecule has 3 heteroatoms. The summed E-state index contributed by atoms with van der Waals surface area (Å²) >= 11 is 0. The number of allylic oxidation sites excluding steroid dienone is 1. The van der Waals surface area contributed by atoms with Gasteiger partial charge in [0.25, 0.3) is 0 Å². The molecule has 0 aromatic heterocycles. The van der Waals surface area contributed by atoms with Gasteiger partial charge in [0, 0.05) is 17.4 Å². The van der Waals surface area contributed by atoms with Gasteiger partial charge in [0.15, 0.2) is 0 Å². The maximum atomic E-state index is 5.89. The summed E-state index contributed by atoms with van der Waals surface area (Å²) in [7, 11) is 0. The molecule has 0 N–H and O–H groups in total. The molecule has 0 aliphatic carbocycles. The first kappa shape index (κ1) is 12.8. The summed E-state index contributed by atoms with van der Waals surface area (Å²) in [5.41, 5.74) is 2.16. The molecule has 2 fully saturated rings. The Morgan fingerprint density at radius 3 is 2.41 bits per heavy atom. The summed E-state index contributed by atoms with van der Waals surface area (Å²) in [5, 5.41) is 0. The second-order valence-corrected chi connectivity index (χ2v) is 6.01. The minimum Gasteiger partial charge on any atom is -0.323 e. The Labute approximate surface area is 103 Å². The van der Waals surface area contributed by atoms with Crippen LogP contribution in [0.2, 0.25) is 0 Å². The fourth-order valence-corrected chi connectivity index (χ4v) is 2.09. The third-order valence-electron chi connectivity index (χ3n) is 3.01. The van der Waals surface area contributed by atoms with Gasteiger partial charge in [-0.25, -0.2) is 0 Å². The third-order valence-corrected chi connectivity index (χ3v) is 3.01. The lowest BCUT2D eigenvalue weighted by molar-refractivity contribution is -0.387. The summed E-state index contributed by atoms with van der Waals surface area (Å²) in [5.74, 6) is -0.994. The normalized spacial score (nSPS) is 30.6. The molecular formula is C14H22O3. The average molecular weight is 238 g/mol. The van der Waals surface area contributed by atoms with Crippen LogP contribution in [0.5, 0.6) is 0 Å². The van der Waals surface area contributed by atoms with E-state index >= 15 is 0 Å². The lowest BCUT2D eigenvalue weighted by Crippen LogP contribution is -2.48.